The Bertz CT molecular complexity index is 769. The minimum absolute atomic E-state index is 0.167. The van der Waals surface area contributed by atoms with Gasteiger partial charge >= 0.3 is 0 Å². The summed E-state index contributed by atoms with van der Waals surface area (Å²) in [7, 11) is 0. The van der Waals surface area contributed by atoms with Crippen molar-refractivity contribution in [2.24, 2.45) is 0 Å². The number of benzene rings is 1. The lowest BCUT2D eigenvalue weighted by atomic mass is 10.2. The van der Waals surface area contributed by atoms with E-state index in [1.165, 1.54) is 18.2 Å². The Morgan fingerprint density at radius 2 is 2.05 bits per heavy atom. The highest BCUT2D eigenvalue weighted by Crippen LogP contribution is 2.27. The van der Waals surface area contributed by atoms with E-state index in [1.807, 2.05) is 19.1 Å². The van der Waals surface area contributed by atoms with Crippen LogP contribution in [0, 0.1) is 12.7 Å². The third kappa shape index (κ3) is 2.23. The van der Waals surface area contributed by atoms with E-state index in [1.54, 1.807) is 6.20 Å². The molecule has 5 nitrogen and oxygen atoms in total. The zero-order valence-electron chi connectivity index (χ0n) is 10.7. The number of pyridine rings is 1. The first-order chi connectivity index (χ1) is 9.63. The maximum Gasteiger partial charge on any atom is 0.260 e. The molecular formula is C14H11FN4O. The quantitative estimate of drug-likeness (QED) is 0.724. The minimum atomic E-state index is -0.414. The first-order valence-electron chi connectivity index (χ1n) is 5.95. The van der Waals surface area contributed by atoms with Crippen LogP contribution in [0.4, 0.5) is 10.1 Å². The van der Waals surface area contributed by atoms with Gasteiger partial charge in [-0.05, 0) is 42.8 Å². The number of aryl methyl sites for hydroxylation is 1. The van der Waals surface area contributed by atoms with E-state index >= 15 is 0 Å². The van der Waals surface area contributed by atoms with Gasteiger partial charge in [-0.25, -0.2) is 4.39 Å². The second-order valence-corrected chi connectivity index (χ2v) is 4.37. The van der Waals surface area contributed by atoms with E-state index in [2.05, 4.69) is 15.1 Å². The van der Waals surface area contributed by atoms with Crippen LogP contribution in [-0.4, -0.2) is 15.1 Å². The van der Waals surface area contributed by atoms with Crippen LogP contribution in [0.5, 0.6) is 0 Å². The summed E-state index contributed by atoms with van der Waals surface area (Å²) in [5.74, 6) is 0.0929. The number of aromatic nitrogens is 3. The van der Waals surface area contributed by atoms with Crippen LogP contribution in [0.1, 0.15) is 5.56 Å². The van der Waals surface area contributed by atoms with E-state index in [0.29, 0.717) is 22.8 Å². The molecule has 0 spiro atoms. The first kappa shape index (κ1) is 12.3. The topological polar surface area (TPSA) is 77.8 Å². The molecule has 0 aliphatic heterocycles. The molecule has 100 valence electrons. The largest absolute Gasteiger partial charge is 0.398 e. The zero-order chi connectivity index (χ0) is 14.1. The van der Waals surface area contributed by atoms with Gasteiger partial charge in [0.25, 0.3) is 5.89 Å². The SMILES string of the molecule is Cc1ccnc(-c2noc(-c3cc(F)ccc3N)n2)c1. The normalized spacial score (nSPS) is 10.7. The van der Waals surface area contributed by atoms with Gasteiger partial charge in [0.05, 0.1) is 5.56 Å². The second kappa shape index (κ2) is 4.73. The van der Waals surface area contributed by atoms with Crippen molar-refractivity contribution in [3.05, 3.63) is 47.9 Å². The molecule has 2 N–H and O–H groups in total. The molecule has 2 aromatic heterocycles. The summed E-state index contributed by atoms with van der Waals surface area (Å²) in [6.45, 7) is 1.94. The summed E-state index contributed by atoms with van der Waals surface area (Å²) in [4.78, 5) is 8.37. The summed E-state index contributed by atoms with van der Waals surface area (Å²) in [5, 5.41) is 3.85. The van der Waals surface area contributed by atoms with E-state index < -0.39 is 5.82 Å². The third-order valence-corrected chi connectivity index (χ3v) is 2.82. The highest BCUT2D eigenvalue weighted by atomic mass is 19.1. The smallest absolute Gasteiger partial charge is 0.260 e. The van der Waals surface area contributed by atoms with Crippen LogP contribution in [0.2, 0.25) is 0 Å². The highest BCUT2D eigenvalue weighted by Gasteiger charge is 2.14. The molecule has 0 aliphatic rings. The Labute approximate surface area is 114 Å². The molecule has 2 heterocycles. The molecule has 3 rings (SSSR count). The van der Waals surface area contributed by atoms with Gasteiger partial charge in [0.2, 0.25) is 5.82 Å². The zero-order valence-corrected chi connectivity index (χ0v) is 10.7. The standard InChI is InChI=1S/C14H11FN4O/c1-8-4-5-17-12(6-8)13-18-14(20-19-13)10-7-9(15)2-3-11(10)16/h2-7H,16H2,1H3. The molecular weight excluding hydrogens is 259 g/mol. The Kier molecular flexibility index (Phi) is 2.90. The third-order valence-electron chi connectivity index (χ3n) is 2.82. The van der Waals surface area contributed by atoms with Gasteiger partial charge in [-0.1, -0.05) is 5.16 Å². The molecule has 0 saturated heterocycles. The molecule has 0 bridgehead atoms. The Morgan fingerprint density at radius 1 is 1.20 bits per heavy atom. The molecule has 0 radical (unpaired) electrons. The van der Waals surface area contributed by atoms with E-state index in [4.69, 9.17) is 10.3 Å². The van der Waals surface area contributed by atoms with Crippen molar-refractivity contribution in [2.45, 2.75) is 6.92 Å². The second-order valence-electron chi connectivity index (χ2n) is 4.37. The predicted octanol–water partition coefficient (Wildman–Crippen LogP) is 2.83. The monoisotopic (exact) mass is 270 g/mol. The predicted molar refractivity (Wildman–Crippen MR) is 72.1 cm³/mol. The number of rotatable bonds is 2. The molecule has 6 heteroatoms. The Balaban J connectivity index is 2.04. The van der Waals surface area contributed by atoms with Gasteiger partial charge in [-0.15, -0.1) is 0 Å². The van der Waals surface area contributed by atoms with Gasteiger partial charge in [0, 0.05) is 11.9 Å². The fraction of sp³-hybridized carbons (Fsp3) is 0.0714. The average molecular weight is 270 g/mol. The lowest BCUT2D eigenvalue weighted by Gasteiger charge is -1.99. The maximum atomic E-state index is 13.3. The van der Waals surface area contributed by atoms with Crippen LogP contribution in [0.3, 0.4) is 0 Å². The van der Waals surface area contributed by atoms with Crippen molar-refractivity contribution in [1.82, 2.24) is 15.1 Å². The molecule has 3 aromatic rings. The molecule has 0 amide bonds. The van der Waals surface area contributed by atoms with Crippen molar-refractivity contribution < 1.29 is 8.91 Å². The summed E-state index contributed by atoms with van der Waals surface area (Å²) in [5.41, 5.74) is 8.16. The van der Waals surface area contributed by atoms with Crippen molar-refractivity contribution in [3.8, 4) is 23.0 Å². The fourth-order valence-electron chi connectivity index (χ4n) is 1.81. The number of nitrogen functional groups attached to an aromatic ring is 1. The van der Waals surface area contributed by atoms with Crippen molar-refractivity contribution in [2.75, 3.05) is 5.73 Å². The van der Waals surface area contributed by atoms with Gasteiger partial charge in [0.15, 0.2) is 0 Å². The van der Waals surface area contributed by atoms with Gasteiger partial charge in [-0.3, -0.25) is 4.98 Å². The Morgan fingerprint density at radius 3 is 2.85 bits per heavy atom. The maximum absolute atomic E-state index is 13.3. The number of halogens is 1. The number of nitrogens with two attached hydrogens (primary N) is 1. The van der Waals surface area contributed by atoms with Gasteiger partial charge in [-0.2, -0.15) is 4.98 Å². The number of nitrogens with zero attached hydrogens (tertiary/aromatic N) is 3. The lowest BCUT2D eigenvalue weighted by molar-refractivity contribution is 0.432. The van der Waals surface area contributed by atoms with Crippen molar-refractivity contribution >= 4 is 5.69 Å². The number of hydrogen-bond acceptors (Lipinski definition) is 5. The molecule has 20 heavy (non-hydrogen) atoms. The Hall–Kier alpha value is -2.76. The van der Waals surface area contributed by atoms with Crippen LogP contribution in [-0.2, 0) is 0 Å². The molecule has 0 aliphatic carbocycles. The van der Waals surface area contributed by atoms with E-state index in [-0.39, 0.29) is 5.89 Å². The molecule has 0 atom stereocenters. The summed E-state index contributed by atoms with van der Waals surface area (Å²) >= 11 is 0. The summed E-state index contributed by atoms with van der Waals surface area (Å²) < 4.78 is 18.4. The summed E-state index contributed by atoms with van der Waals surface area (Å²) in [6.07, 6.45) is 1.66. The van der Waals surface area contributed by atoms with Crippen LogP contribution < -0.4 is 5.73 Å². The summed E-state index contributed by atoms with van der Waals surface area (Å²) in [6, 6.07) is 7.70. The van der Waals surface area contributed by atoms with Gasteiger partial charge < -0.3 is 10.3 Å². The van der Waals surface area contributed by atoms with E-state index in [0.717, 1.165) is 5.56 Å². The average Bonchev–Trinajstić information content (AvgIpc) is 2.91. The number of hydrogen-bond donors (Lipinski definition) is 1. The molecule has 0 fully saturated rings. The lowest BCUT2D eigenvalue weighted by Crippen LogP contribution is -1.91. The van der Waals surface area contributed by atoms with Crippen LogP contribution in [0.15, 0.2) is 41.1 Å². The highest BCUT2D eigenvalue weighted by molar-refractivity contribution is 5.71. The first-order valence-corrected chi connectivity index (χ1v) is 5.95. The van der Waals surface area contributed by atoms with Crippen molar-refractivity contribution in [1.29, 1.82) is 0 Å². The minimum Gasteiger partial charge on any atom is -0.398 e. The molecule has 0 unspecified atom stereocenters. The molecule has 1 aromatic carbocycles. The van der Waals surface area contributed by atoms with Crippen LogP contribution >= 0.6 is 0 Å². The van der Waals surface area contributed by atoms with E-state index in [9.17, 15) is 4.39 Å². The van der Waals surface area contributed by atoms with Crippen molar-refractivity contribution in [3.63, 3.8) is 0 Å². The fourth-order valence-corrected chi connectivity index (χ4v) is 1.81. The molecule has 0 saturated carbocycles. The van der Waals surface area contributed by atoms with Crippen LogP contribution in [0.25, 0.3) is 23.0 Å². The van der Waals surface area contributed by atoms with Gasteiger partial charge in [0.1, 0.15) is 11.5 Å². The number of anilines is 1.